The van der Waals surface area contributed by atoms with Crippen molar-refractivity contribution in [3.05, 3.63) is 29.8 Å². The van der Waals surface area contributed by atoms with E-state index < -0.39 is 0 Å². The predicted molar refractivity (Wildman–Crippen MR) is 78.2 cm³/mol. The van der Waals surface area contributed by atoms with E-state index in [0.717, 1.165) is 25.0 Å². The molecular formula is C15H23NOS. The molecule has 100 valence electrons. The lowest BCUT2D eigenvalue weighted by atomic mass is 10.1. The van der Waals surface area contributed by atoms with Crippen molar-refractivity contribution in [1.82, 2.24) is 5.32 Å². The number of thioether (sulfide) groups is 1. The van der Waals surface area contributed by atoms with Crippen LogP contribution in [-0.2, 0) is 4.74 Å². The largest absolute Gasteiger partial charge is 0.381 e. The first-order chi connectivity index (χ1) is 8.79. The summed E-state index contributed by atoms with van der Waals surface area (Å²) in [6.07, 6.45) is 2.36. The third-order valence-electron chi connectivity index (χ3n) is 3.34. The van der Waals surface area contributed by atoms with Crippen molar-refractivity contribution in [1.29, 1.82) is 0 Å². The second-order valence-electron chi connectivity index (χ2n) is 4.78. The summed E-state index contributed by atoms with van der Waals surface area (Å²) >= 11 is 2.01. The Balaban J connectivity index is 1.97. The molecule has 2 nitrogen and oxygen atoms in total. The molecule has 3 heteroatoms. The van der Waals surface area contributed by atoms with Crippen molar-refractivity contribution >= 4 is 11.8 Å². The molecule has 0 saturated carbocycles. The van der Waals surface area contributed by atoms with Crippen LogP contribution in [-0.4, -0.2) is 25.0 Å². The minimum absolute atomic E-state index is 0.435. The van der Waals surface area contributed by atoms with E-state index in [9.17, 15) is 0 Å². The minimum atomic E-state index is 0.435. The van der Waals surface area contributed by atoms with Crippen molar-refractivity contribution in [2.45, 2.75) is 42.9 Å². The van der Waals surface area contributed by atoms with Gasteiger partial charge in [0.2, 0.25) is 0 Å². The summed E-state index contributed by atoms with van der Waals surface area (Å²) in [5.74, 6) is 0. The predicted octanol–water partition coefficient (Wildman–Crippen LogP) is 3.63. The minimum Gasteiger partial charge on any atom is -0.381 e. The molecule has 1 fully saturated rings. The van der Waals surface area contributed by atoms with E-state index in [4.69, 9.17) is 4.74 Å². The average Bonchev–Trinajstić information content (AvgIpc) is 2.40. The Morgan fingerprint density at radius 1 is 1.39 bits per heavy atom. The molecule has 1 heterocycles. The lowest BCUT2D eigenvalue weighted by Crippen LogP contribution is -2.18. The molecule has 1 N–H and O–H groups in total. The molecule has 0 amide bonds. The van der Waals surface area contributed by atoms with E-state index in [1.165, 1.54) is 23.3 Å². The van der Waals surface area contributed by atoms with Gasteiger partial charge >= 0.3 is 0 Å². The van der Waals surface area contributed by atoms with E-state index in [-0.39, 0.29) is 0 Å². The van der Waals surface area contributed by atoms with Gasteiger partial charge in [-0.1, -0.05) is 19.1 Å². The molecule has 0 spiro atoms. The van der Waals surface area contributed by atoms with Crippen LogP contribution in [0.3, 0.4) is 0 Å². The molecule has 1 aliphatic heterocycles. The van der Waals surface area contributed by atoms with Gasteiger partial charge in [0.15, 0.2) is 0 Å². The Morgan fingerprint density at radius 3 is 2.89 bits per heavy atom. The van der Waals surface area contributed by atoms with Gasteiger partial charge in [0.25, 0.3) is 0 Å². The van der Waals surface area contributed by atoms with E-state index in [2.05, 4.69) is 43.4 Å². The maximum atomic E-state index is 5.41. The first-order valence-corrected chi connectivity index (χ1v) is 7.75. The third kappa shape index (κ3) is 4.01. The molecule has 0 aliphatic carbocycles. The SMILES string of the molecule is CCNC(C)c1cccc(SC2CCOCC2)c1. The van der Waals surface area contributed by atoms with Crippen LogP contribution in [0.5, 0.6) is 0 Å². The second kappa shape index (κ2) is 7.17. The van der Waals surface area contributed by atoms with Gasteiger partial charge in [-0.05, 0) is 44.0 Å². The highest BCUT2D eigenvalue weighted by atomic mass is 32.2. The summed E-state index contributed by atoms with van der Waals surface area (Å²) in [6.45, 7) is 7.23. The van der Waals surface area contributed by atoms with Gasteiger partial charge in [0.05, 0.1) is 0 Å². The molecule has 0 aromatic heterocycles. The fourth-order valence-corrected chi connectivity index (χ4v) is 3.44. The van der Waals surface area contributed by atoms with E-state index in [0.29, 0.717) is 6.04 Å². The smallest absolute Gasteiger partial charge is 0.0476 e. The van der Waals surface area contributed by atoms with Crippen molar-refractivity contribution in [3.63, 3.8) is 0 Å². The number of hydrogen-bond donors (Lipinski definition) is 1. The van der Waals surface area contributed by atoms with Crippen molar-refractivity contribution in [2.75, 3.05) is 19.8 Å². The summed E-state index contributed by atoms with van der Waals surface area (Å²) < 4.78 is 5.41. The van der Waals surface area contributed by atoms with Gasteiger partial charge in [0.1, 0.15) is 0 Å². The van der Waals surface area contributed by atoms with Crippen molar-refractivity contribution in [2.24, 2.45) is 0 Å². The molecule has 1 aliphatic rings. The maximum absolute atomic E-state index is 5.41. The van der Waals surface area contributed by atoms with Crippen LogP contribution in [0, 0.1) is 0 Å². The highest BCUT2D eigenvalue weighted by molar-refractivity contribution is 8.00. The van der Waals surface area contributed by atoms with Gasteiger partial charge in [-0.2, -0.15) is 0 Å². The standard InChI is InChI=1S/C15H23NOS/c1-3-16-12(2)13-5-4-6-15(11-13)18-14-7-9-17-10-8-14/h4-6,11-12,14,16H,3,7-10H2,1-2H3. The van der Waals surface area contributed by atoms with Gasteiger partial charge in [0, 0.05) is 29.4 Å². The van der Waals surface area contributed by atoms with Gasteiger partial charge in [-0.15, -0.1) is 11.8 Å². The first kappa shape index (κ1) is 13.9. The molecule has 0 radical (unpaired) electrons. The van der Waals surface area contributed by atoms with E-state index in [1.54, 1.807) is 0 Å². The van der Waals surface area contributed by atoms with Crippen LogP contribution in [0.1, 0.15) is 38.3 Å². The Hall–Kier alpha value is -0.510. The van der Waals surface area contributed by atoms with E-state index in [1.807, 2.05) is 11.8 Å². The molecular weight excluding hydrogens is 242 g/mol. The molecule has 2 rings (SSSR count). The van der Waals surface area contributed by atoms with Gasteiger partial charge in [-0.25, -0.2) is 0 Å². The molecule has 1 saturated heterocycles. The number of ether oxygens (including phenoxy) is 1. The number of rotatable bonds is 5. The average molecular weight is 265 g/mol. The van der Waals surface area contributed by atoms with Crippen LogP contribution in [0.15, 0.2) is 29.2 Å². The number of hydrogen-bond acceptors (Lipinski definition) is 3. The molecule has 0 bridgehead atoms. The van der Waals surface area contributed by atoms with Crippen LogP contribution >= 0.6 is 11.8 Å². The summed E-state index contributed by atoms with van der Waals surface area (Å²) in [7, 11) is 0. The van der Waals surface area contributed by atoms with Crippen LogP contribution in [0.2, 0.25) is 0 Å². The number of nitrogens with one attached hydrogen (secondary N) is 1. The topological polar surface area (TPSA) is 21.3 Å². The van der Waals surface area contributed by atoms with Crippen LogP contribution < -0.4 is 5.32 Å². The van der Waals surface area contributed by atoms with Gasteiger partial charge in [-0.3, -0.25) is 0 Å². The molecule has 18 heavy (non-hydrogen) atoms. The van der Waals surface area contributed by atoms with Crippen LogP contribution in [0.4, 0.5) is 0 Å². The molecule has 1 aromatic rings. The highest BCUT2D eigenvalue weighted by Gasteiger charge is 2.15. The Labute approximate surface area is 114 Å². The quantitative estimate of drug-likeness (QED) is 0.878. The maximum Gasteiger partial charge on any atom is 0.0476 e. The van der Waals surface area contributed by atoms with Crippen LogP contribution in [0.25, 0.3) is 0 Å². The fraction of sp³-hybridized carbons (Fsp3) is 0.600. The monoisotopic (exact) mass is 265 g/mol. The molecule has 1 aromatic carbocycles. The van der Waals surface area contributed by atoms with Crippen molar-refractivity contribution < 1.29 is 4.74 Å². The zero-order valence-electron chi connectivity index (χ0n) is 11.3. The summed E-state index contributed by atoms with van der Waals surface area (Å²) in [6, 6.07) is 9.37. The normalized spacial score (nSPS) is 18.8. The lowest BCUT2D eigenvalue weighted by Gasteiger charge is -2.22. The second-order valence-corrected chi connectivity index (χ2v) is 6.16. The first-order valence-electron chi connectivity index (χ1n) is 6.87. The summed E-state index contributed by atoms with van der Waals surface area (Å²) in [5, 5.41) is 4.19. The lowest BCUT2D eigenvalue weighted by molar-refractivity contribution is 0.100. The summed E-state index contributed by atoms with van der Waals surface area (Å²) in [5.41, 5.74) is 1.38. The number of benzene rings is 1. The van der Waals surface area contributed by atoms with E-state index >= 15 is 0 Å². The van der Waals surface area contributed by atoms with Crippen molar-refractivity contribution in [3.8, 4) is 0 Å². The highest BCUT2D eigenvalue weighted by Crippen LogP contribution is 2.31. The Kier molecular flexibility index (Phi) is 5.54. The zero-order chi connectivity index (χ0) is 12.8. The third-order valence-corrected chi connectivity index (χ3v) is 4.67. The Morgan fingerprint density at radius 2 is 2.17 bits per heavy atom. The molecule has 1 unspecified atom stereocenters. The molecule has 1 atom stereocenters. The summed E-state index contributed by atoms with van der Waals surface area (Å²) in [4.78, 5) is 1.39. The zero-order valence-corrected chi connectivity index (χ0v) is 12.1. The Bertz CT molecular complexity index is 363. The fourth-order valence-electron chi connectivity index (χ4n) is 2.27. The van der Waals surface area contributed by atoms with Gasteiger partial charge < -0.3 is 10.1 Å².